The molecule has 2 rings (SSSR count). The maximum Gasteiger partial charge on any atom is 0.223 e. The summed E-state index contributed by atoms with van der Waals surface area (Å²) in [5, 5.41) is 0. The molecule has 0 radical (unpaired) electrons. The molecule has 0 aliphatic carbocycles. The Hall–Kier alpha value is -2.11. The van der Waals surface area contributed by atoms with Crippen LogP contribution in [-0.4, -0.2) is 30.4 Å². The van der Waals surface area contributed by atoms with Crippen LogP contribution in [0.3, 0.4) is 0 Å². The monoisotopic (exact) mass is 266 g/mol. The molecule has 0 spiro atoms. The molecule has 1 heterocycles. The van der Waals surface area contributed by atoms with Crippen molar-refractivity contribution in [3.05, 3.63) is 29.6 Å². The van der Waals surface area contributed by atoms with E-state index in [1.165, 1.54) is 24.1 Å². The number of methoxy groups -OCH3 is 1. The molecule has 5 nitrogen and oxygen atoms in total. The second kappa shape index (κ2) is 5.26. The molecule has 0 aromatic heterocycles. The number of hydrogen-bond acceptors (Lipinski definition) is 3. The smallest absolute Gasteiger partial charge is 0.223 e. The molecule has 102 valence electrons. The summed E-state index contributed by atoms with van der Waals surface area (Å²) >= 11 is 0. The number of hydrogen-bond donors (Lipinski definition) is 1. The fourth-order valence-corrected chi connectivity index (χ4v) is 2.19. The molecule has 1 aliphatic heterocycles. The van der Waals surface area contributed by atoms with E-state index in [0.29, 0.717) is 11.3 Å². The summed E-state index contributed by atoms with van der Waals surface area (Å²) in [6.07, 6.45) is 0.0894. The van der Waals surface area contributed by atoms with E-state index >= 15 is 0 Å². The molecule has 1 aromatic rings. The molecule has 0 bridgehead atoms. The summed E-state index contributed by atoms with van der Waals surface area (Å²) in [6, 6.07) is 4.48. The number of ether oxygens (including phenoxy) is 1. The van der Waals surface area contributed by atoms with Crippen molar-refractivity contribution in [1.82, 2.24) is 4.90 Å². The molecular weight excluding hydrogens is 251 g/mol. The summed E-state index contributed by atoms with van der Waals surface area (Å²) in [6.45, 7) is 0.310. The molecule has 19 heavy (non-hydrogen) atoms. The van der Waals surface area contributed by atoms with E-state index in [2.05, 4.69) is 0 Å². The topological polar surface area (TPSA) is 72.6 Å². The van der Waals surface area contributed by atoms with Crippen LogP contribution in [0.5, 0.6) is 5.75 Å². The van der Waals surface area contributed by atoms with Crippen molar-refractivity contribution in [2.75, 3.05) is 13.7 Å². The van der Waals surface area contributed by atoms with Crippen LogP contribution in [0.2, 0.25) is 0 Å². The van der Waals surface area contributed by atoms with Crippen LogP contribution < -0.4 is 10.5 Å². The molecule has 1 atom stereocenters. The second-order valence-electron chi connectivity index (χ2n) is 4.50. The molecule has 1 unspecified atom stereocenters. The van der Waals surface area contributed by atoms with Gasteiger partial charge in [-0.3, -0.25) is 9.59 Å². The number of primary amides is 1. The Labute approximate surface area is 110 Å². The Morgan fingerprint density at radius 1 is 1.58 bits per heavy atom. The van der Waals surface area contributed by atoms with Crippen LogP contribution in [0, 0.1) is 11.7 Å². The van der Waals surface area contributed by atoms with Crippen molar-refractivity contribution in [2.45, 2.75) is 13.0 Å². The lowest BCUT2D eigenvalue weighted by atomic mass is 10.1. The van der Waals surface area contributed by atoms with Crippen LogP contribution in [-0.2, 0) is 16.1 Å². The molecular formula is C13H15FN2O3. The average Bonchev–Trinajstić information content (AvgIpc) is 2.74. The number of benzene rings is 1. The normalized spacial score (nSPS) is 18.7. The van der Waals surface area contributed by atoms with E-state index in [-0.39, 0.29) is 25.4 Å². The third kappa shape index (κ3) is 2.67. The van der Waals surface area contributed by atoms with Crippen LogP contribution >= 0.6 is 0 Å². The van der Waals surface area contributed by atoms with Crippen LogP contribution in [0.4, 0.5) is 4.39 Å². The molecule has 1 fully saturated rings. The fourth-order valence-electron chi connectivity index (χ4n) is 2.19. The Bertz CT molecular complexity index is 519. The van der Waals surface area contributed by atoms with Crippen LogP contribution in [0.25, 0.3) is 0 Å². The lowest BCUT2D eigenvalue weighted by Gasteiger charge is -2.18. The zero-order valence-corrected chi connectivity index (χ0v) is 10.6. The van der Waals surface area contributed by atoms with E-state index < -0.39 is 17.6 Å². The Kier molecular flexibility index (Phi) is 3.69. The zero-order valence-electron chi connectivity index (χ0n) is 10.6. The number of likely N-dealkylation sites (tertiary alicyclic amines) is 1. The van der Waals surface area contributed by atoms with Gasteiger partial charge in [0.1, 0.15) is 11.6 Å². The predicted molar refractivity (Wildman–Crippen MR) is 65.7 cm³/mol. The fraction of sp³-hybridized carbons (Fsp3) is 0.385. The largest absolute Gasteiger partial charge is 0.496 e. The molecule has 2 amide bonds. The molecule has 2 N–H and O–H groups in total. The molecule has 1 aliphatic rings. The van der Waals surface area contributed by atoms with Crippen molar-refractivity contribution in [1.29, 1.82) is 0 Å². The van der Waals surface area contributed by atoms with Gasteiger partial charge in [0.25, 0.3) is 0 Å². The average molecular weight is 266 g/mol. The summed E-state index contributed by atoms with van der Waals surface area (Å²) in [5.74, 6) is -1.25. The first-order valence-corrected chi connectivity index (χ1v) is 5.91. The number of nitrogens with zero attached hydrogens (tertiary/aromatic N) is 1. The minimum atomic E-state index is -0.503. The van der Waals surface area contributed by atoms with E-state index in [9.17, 15) is 14.0 Å². The van der Waals surface area contributed by atoms with E-state index in [0.717, 1.165) is 0 Å². The maximum atomic E-state index is 13.8. The number of carbonyl (C=O) groups excluding carboxylic acids is 2. The van der Waals surface area contributed by atoms with Gasteiger partial charge in [0.05, 0.1) is 19.6 Å². The molecule has 0 saturated carbocycles. The van der Waals surface area contributed by atoms with Gasteiger partial charge in [0, 0.05) is 18.5 Å². The van der Waals surface area contributed by atoms with Gasteiger partial charge in [-0.25, -0.2) is 4.39 Å². The minimum absolute atomic E-state index is 0.0818. The number of halogens is 1. The Morgan fingerprint density at radius 3 is 2.89 bits per heavy atom. The highest BCUT2D eigenvalue weighted by Gasteiger charge is 2.33. The molecule has 1 saturated heterocycles. The van der Waals surface area contributed by atoms with Gasteiger partial charge in [-0.1, -0.05) is 6.07 Å². The van der Waals surface area contributed by atoms with Gasteiger partial charge in [0.2, 0.25) is 11.8 Å². The predicted octanol–water partition coefficient (Wildman–Crippen LogP) is 0.668. The standard InChI is InChI=1S/C13H15FN2O3/c1-19-11-4-2-3-10(14)9(11)7-16-6-8(13(15)18)5-12(16)17/h2-4,8H,5-7H2,1H3,(H2,15,18). The van der Waals surface area contributed by atoms with Crippen molar-refractivity contribution < 1.29 is 18.7 Å². The molecule has 1 aromatic carbocycles. The minimum Gasteiger partial charge on any atom is -0.496 e. The van der Waals surface area contributed by atoms with Crippen molar-refractivity contribution in [3.63, 3.8) is 0 Å². The van der Waals surface area contributed by atoms with Gasteiger partial charge >= 0.3 is 0 Å². The third-order valence-corrected chi connectivity index (χ3v) is 3.26. The SMILES string of the molecule is COc1cccc(F)c1CN1CC(C(N)=O)CC1=O. The van der Waals surface area contributed by atoms with Crippen LogP contribution in [0.1, 0.15) is 12.0 Å². The molecule has 6 heteroatoms. The number of rotatable bonds is 4. The Balaban J connectivity index is 2.18. The highest BCUT2D eigenvalue weighted by atomic mass is 19.1. The van der Waals surface area contributed by atoms with Gasteiger partial charge in [0.15, 0.2) is 0 Å². The van der Waals surface area contributed by atoms with Crippen LogP contribution in [0.15, 0.2) is 18.2 Å². The highest BCUT2D eigenvalue weighted by Crippen LogP contribution is 2.26. The van der Waals surface area contributed by atoms with Crippen molar-refractivity contribution >= 4 is 11.8 Å². The lowest BCUT2D eigenvalue weighted by Crippen LogP contribution is -2.28. The summed E-state index contributed by atoms with van der Waals surface area (Å²) in [4.78, 5) is 24.3. The summed E-state index contributed by atoms with van der Waals surface area (Å²) < 4.78 is 18.8. The first-order valence-electron chi connectivity index (χ1n) is 5.91. The van der Waals surface area contributed by atoms with Gasteiger partial charge in [-0.15, -0.1) is 0 Å². The van der Waals surface area contributed by atoms with Gasteiger partial charge < -0.3 is 15.4 Å². The summed E-state index contributed by atoms with van der Waals surface area (Å²) in [5.41, 5.74) is 5.49. The van der Waals surface area contributed by atoms with E-state index in [1.807, 2.05) is 0 Å². The highest BCUT2D eigenvalue weighted by molar-refractivity contribution is 5.88. The third-order valence-electron chi connectivity index (χ3n) is 3.26. The van der Waals surface area contributed by atoms with Crippen molar-refractivity contribution in [2.24, 2.45) is 11.7 Å². The first kappa shape index (κ1) is 13.3. The maximum absolute atomic E-state index is 13.8. The Morgan fingerprint density at radius 2 is 2.32 bits per heavy atom. The number of carbonyl (C=O) groups is 2. The van der Waals surface area contributed by atoms with Crippen molar-refractivity contribution in [3.8, 4) is 5.75 Å². The zero-order chi connectivity index (χ0) is 14.0. The number of amides is 2. The lowest BCUT2D eigenvalue weighted by molar-refractivity contribution is -0.128. The van der Waals surface area contributed by atoms with E-state index in [1.54, 1.807) is 6.07 Å². The quantitative estimate of drug-likeness (QED) is 0.870. The number of nitrogens with two attached hydrogens (primary N) is 1. The van der Waals surface area contributed by atoms with E-state index in [4.69, 9.17) is 10.5 Å². The van der Waals surface area contributed by atoms with Gasteiger partial charge in [-0.2, -0.15) is 0 Å². The second-order valence-corrected chi connectivity index (χ2v) is 4.50. The first-order chi connectivity index (χ1) is 9.02. The summed E-state index contributed by atoms with van der Waals surface area (Å²) in [7, 11) is 1.44. The van der Waals surface area contributed by atoms with Gasteiger partial charge in [-0.05, 0) is 12.1 Å².